The second kappa shape index (κ2) is 4.42. The summed E-state index contributed by atoms with van der Waals surface area (Å²) in [5.41, 5.74) is 5.70. The number of carbonyl (C=O) groups is 2. The van der Waals surface area contributed by atoms with E-state index in [0.29, 0.717) is 0 Å². The van der Waals surface area contributed by atoms with Crippen molar-refractivity contribution in [3.8, 4) is 0 Å². The van der Waals surface area contributed by atoms with E-state index in [4.69, 9.17) is 10.8 Å². The zero-order valence-electron chi connectivity index (χ0n) is 10.2. The summed E-state index contributed by atoms with van der Waals surface area (Å²) in [6.07, 6.45) is 0. The van der Waals surface area contributed by atoms with Gasteiger partial charge < -0.3 is 15.7 Å². The smallest absolute Gasteiger partial charge is 0.310 e. The highest BCUT2D eigenvalue weighted by atomic mass is 16.4. The molecule has 0 radical (unpaired) electrons. The molecule has 0 aromatic heterocycles. The lowest BCUT2D eigenvalue weighted by Crippen LogP contribution is -2.60. The predicted molar refractivity (Wildman–Crippen MR) is 65.7 cm³/mol. The number of nitrogens with zero attached hydrogens (tertiary/aromatic N) is 1. The molecule has 96 valence electrons. The maximum Gasteiger partial charge on any atom is 0.310 e. The Kier molecular flexibility index (Phi) is 3.09. The Hall–Kier alpha value is -1.88. The number of carboxylic acids is 1. The highest BCUT2D eigenvalue weighted by Crippen LogP contribution is 2.25. The predicted octanol–water partition coefficient (Wildman–Crippen LogP) is 0.404. The number of hydrogen-bond donors (Lipinski definition) is 2. The van der Waals surface area contributed by atoms with Crippen LogP contribution < -0.4 is 5.73 Å². The number of nitrogens with two attached hydrogens (primary N) is 1. The number of likely N-dealkylation sites (tertiary alicyclic amines) is 1. The van der Waals surface area contributed by atoms with Gasteiger partial charge in [0.25, 0.3) is 0 Å². The lowest BCUT2D eigenvalue weighted by atomic mass is 9.88. The van der Waals surface area contributed by atoms with Crippen molar-refractivity contribution >= 4 is 11.9 Å². The van der Waals surface area contributed by atoms with E-state index in [9.17, 15) is 9.59 Å². The van der Waals surface area contributed by atoms with E-state index in [1.165, 1.54) is 4.90 Å². The van der Waals surface area contributed by atoms with E-state index >= 15 is 0 Å². The van der Waals surface area contributed by atoms with Gasteiger partial charge in [-0.25, -0.2) is 0 Å². The highest BCUT2D eigenvalue weighted by Gasteiger charge is 2.42. The first kappa shape index (κ1) is 12.6. The number of rotatable bonds is 3. The maximum absolute atomic E-state index is 12.2. The van der Waals surface area contributed by atoms with Crippen LogP contribution in [0, 0.1) is 5.92 Å². The van der Waals surface area contributed by atoms with Crippen molar-refractivity contribution in [3.05, 3.63) is 35.9 Å². The molecule has 1 aromatic carbocycles. The molecule has 2 rings (SSSR count). The summed E-state index contributed by atoms with van der Waals surface area (Å²) in [4.78, 5) is 24.4. The van der Waals surface area contributed by atoms with Gasteiger partial charge in [-0.2, -0.15) is 0 Å². The van der Waals surface area contributed by atoms with Crippen LogP contribution >= 0.6 is 0 Å². The molecule has 1 atom stereocenters. The fourth-order valence-corrected chi connectivity index (χ4v) is 2.04. The van der Waals surface area contributed by atoms with E-state index < -0.39 is 17.4 Å². The van der Waals surface area contributed by atoms with Crippen LogP contribution in [0.5, 0.6) is 0 Å². The van der Waals surface area contributed by atoms with Crippen LogP contribution in [0.3, 0.4) is 0 Å². The Bertz CT molecular complexity index is 464. The topological polar surface area (TPSA) is 83.6 Å². The van der Waals surface area contributed by atoms with Gasteiger partial charge in [-0.05, 0) is 12.5 Å². The first-order chi connectivity index (χ1) is 8.43. The minimum Gasteiger partial charge on any atom is -0.481 e. The standard InChI is InChI=1S/C13H16N2O3/c1-13(14,10-5-3-2-4-6-10)12(18)15-7-9(8-15)11(16)17/h2-6,9H,7-8,14H2,1H3,(H,16,17). The second-order valence-corrected chi connectivity index (χ2v) is 4.81. The van der Waals surface area contributed by atoms with Crippen molar-refractivity contribution in [2.24, 2.45) is 11.7 Å². The molecule has 1 amide bonds. The Morgan fingerprint density at radius 2 is 1.89 bits per heavy atom. The minimum atomic E-state index is -1.11. The van der Waals surface area contributed by atoms with E-state index in [1.807, 2.05) is 18.2 Å². The second-order valence-electron chi connectivity index (χ2n) is 4.81. The molecule has 0 bridgehead atoms. The molecular weight excluding hydrogens is 232 g/mol. The number of carboxylic acid groups (broad SMARTS) is 1. The molecule has 1 unspecified atom stereocenters. The van der Waals surface area contributed by atoms with E-state index in [-0.39, 0.29) is 19.0 Å². The van der Waals surface area contributed by atoms with Gasteiger partial charge in [0.2, 0.25) is 5.91 Å². The van der Waals surface area contributed by atoms with Crippen molar-refractivity contribution in [3.63, 3.8) is 0 Å². The molecule has 3 N–H and O–H groups in total. The number of benzene rings is 1. The third kappa shape index (κ3) is 2.09. The maximum atomic E-state index is 12.2. The molecule has 1 aliphatic rings. The third-order valence-electron chi connectivity index (χ3n) is 3.34. The highest BCUT2D eigenvalue weighted by molar-refractivity contribution is 5.89. The fraction of sp³-hybridized carbons (Fsp3) is 0.385. The molecule has 1 saturated heterocycles. The summed E-state index contributed by atoms with van der Waals surface area (Å²) in [6.45, 7) is 2.14. The number of aliphatic carboxylic acids is 1. The average molecular weight is 248 g/mol. The Morgan fingerprint density at radius 3 is 2.39 bits per heavy atom. The largest absolute Gasteiger partial charge is 0.481 e. The zero-order valence-corrected chi connectivity index (χ0v) is 10.2. The lowest BCUT2D eigenvalue weighted by molar-refractivity contribution is -0.155. The summed E-state index contributed by atoms with van der Waals surface area (Å²) in [7, 11) is 0. The van der Waals surface area contributed by atoms with Crippen LogP contribution in [0.1, 0.15) is 12.5 Å². The number of amides is 1. The SMILES string of the molecule is CC(N)(C(=O)N1CC(C(=O)O)C1)c1ccccc1. The normalized spacial score (nSPS) is 18.9. The molecule has 1 heterocycles. The van der Waals surface area contributed by atoms with Crippen LogP contribution in [0.25, 0.3) is 0 Å². The van der Waals surface area contributed by atoms with Crippen LogP contribution in [-0.4, -0.2) is 35.0 Å². The molecule has 0 saturated carbocycles. The zero-order chi connectivity index (χ0) is 13.3. The van der Waals surface area contributed by atoms with Gasteiger partial charge in [-0.15, -0.1) is 0 Å². The van der Waals surface area contributed by atoms with Crippen LogP contribution in [0.4, 0.5) is 0 Å². The van der Waals surface area contributed by atoms with Crippen molar-refractivity contribution in [2.75, 3.05) is 13.1 Å². The van der Waals surface area contributed by atoms with Gasteiger partial charge in [0.15, 0.2) is 0 Å². The summed E-state index contributed by atoms with van der Waals surface area (Å²) in [5, 5.41) is 8.78. The average Bonchev–Trinajstić information content (AvgIpc) is 2.27. The molecular formula is C13H16N2O3. The first-order valence-electron chi connectivity index (χ1n) is 5.79. The van der Waals surface area contributed by atoms with E-state index in [0.717, 1.165) is 5.56 Å². The van der Waals surface area contributed by atoms with Gasteiger partial charge in [-0.1, -0.05) is 30.3 Å². The summed E-state index contributed by atoms with van der Waals surface area (Å²) in [5.74, 6) is -1.55. The molecule has 5 nitrogen and oxygen atoms in total. The summed E-state index contributed by atoms with van der Waals surface area (Å²) >= 11 is 0. The minimum absolute atomic E-state index is 0.230. The third-order valence-corrected chi connectivity index (χ3v) is 3.34. The van der Waals surface area contributed by atoms with E-state index in [1.54, 1.807) is 19.1 Å². The molecule has 0 spiro atoms. The van der Waals surface area contributed by atoms with Crippen molar-refractivity contribution in [1.29, 1.82) is 0 Å². The molecule has 18 heavy (non-hydrogen) atoms. The van der Waals surface area contributed by atoms with Gasteiger partial charge >= 0.3 is 5.97 Å². The molecule has 5 heteroatoms. The van der Waals surface area contributed by atoms with Crippen LogP contribution in [0.2, 0.25) is 0 Å². The van der Waals surface area contributed by atoms with Crippen molar-refractivity contribution in [2.45, 2.75) is 12.5 Å². The Balaban J connectivity index is 2.08. The van der Waals surface area contributed by atoms with E-state index in [2.05, 4.69) is 0 Å². The lowest BCUT2D eigenvalue weighted by Gasteiger charge is -2.41. The number of hydrogen-bond acceptors (Lipinski definition) is 3. The van der Waals surface area contributed by atoms with Crippen LogP contribution in [0.15, 0.2) is 30.3 Å². The molecule has 1 aromatic rings. The molecule has 1 fully saturated rings. The number of carbonyl (C=O) groups excluding carboxylic acids is 1. The van der Waals surface area contributed by atoms with Gasteiger partial charge in [0.1, 0.15) is 5.54 Å². The van der Waals surface area contributed by atoms with Gasteiger partial charge in [0.05, 0.1) is 5.92 Å². The van der Waals surface area contributed by atoms with Gasteiger partial charge in [0, 0.05) is 13.1 Å². The molecule has 0 aliphatic carbocycles. The Labute approximate surface area is 105 Å². The first-order valence-corrected chi connectivity index (χ1v) is 5.79. The Morgan fingerprint density at radius 1 is 1.33 bits per heavy atom. The summed E-state index contributed by atoms with van der Waals surface area (Å²) < 4.78 is 0. The van der Waals surface area contributed by atoms with Crippen molar-refractivity contribution in [1.82, 2.24) is 4.90 Å². The quantitative estimate of drug-likeness (QED) is 0.811. The molecule has 1 aliphatic heterocycles. The fourth-order valence-electron chi connectivity index (χ4n) is 2.04. The van der Waals surface area contributed by atoms with Crippen molar-refractivity contribution < 1.29 is 14.7 Å². The van der Waals surface area contributed by atoms with Crippen LogP contribution in [-0.2, 0) is 15.1 Å². The monoisotopic (exact) mass is 248 g/mol. The summed E-state index contributed by atoms with van der Waals surface area (Å²) in [6, 6.07) is 9.10. The van der Waals surface area contributed by atoms with Gasteiger partial charge in [-0.3, -0.25) is 9.59 Å².